The maximum Gasteiger partial charge on any atom is 0.180 e. The normalized spacial score (nSPS) is 33.9. The first-order valence-electron chi connectivity index (χ1n) is 5.31. The Balaban J connectivity index is 2.10. The summed E-state index contributed by atoms with van der Waals surface area (Å²) in [5, 5.41) is 44.8. The molecule has 0 bridgehead atoms. The summed E-state index contributed by atoms with van der Waals surface area (Å²) in [5.74, 6) is 0. The lowest BCUT2D eigenvalue weighted by atomic mass is 10.0. The van der Waals surface area contributed by atoms with E-state index in [2.05, 4.69) is 10.3 Å². The third-order valence-electron chi connectivity index (χ3n) is 2.66. The minimum absolute atomic E-state index is 0.0475. The van der Waals surface area contributed by atoms with E-state index >= 15 is 0 Å². The van der Waals surface area contributed by atoms with Crippen molar-refractivity contribution in [2.45, 2.75) is 31.0 Å². The van der Waals surface area contributed by atoms with E-state index in [0.717, 1.165) is 0 Å². The number of ether oxygens (including phenoxy) is 1. The van der Waals surface area contributed by atoms with E-state index in [9.17, 15) is 15.3 Å². The highest BCUT2D eigenvalue weighted by Crippen LogP contribution is 2.23. The second-order valence-corrected chi connectivity index (χ2v) is 3.94. The molecule has 17 heavy (non-hydrogen) atoms. The van der Waals surface area contributed by atoms with E-state index in [-0.39, 0.29) is 13.2 Å². The van der Waals surface area contributed by atoms with Gasteiger partial charge in [-0.1, -0.05) is 5.21 Å². The van der Waals surface area contributed by atoms with Gasteiger partial charge >= 0.3 is 0 Å². The predicted molar refractivity (Wildman–Crippen MR) is 53.8 cm³/mol. The first-order chi connectivity index (χ1) is 8.13. The van der Waals surface area contributed by atoms with Crippen LogP contribution in [0.5, 0.6) is 0 Å². The summed E-state index contributed by atoms with van der Waals surface area (Å²) in [5.41, 5.74) is 0.559. The number of aromatic nitrogens is 3. The number of hydrogen-bond acceptors (Lipinski definition) is 7. The molecule has 0 aromatic carbocycles. The van der Waals surface area contributed by atoms with Crippen molar-refractivity contribution in [3.63, 3.8) is 0 Å². The molecule has 1 saturated heterocycles. The Kier molecular flexibility index (Phi) is 3.69. The van der Waals surface area contributed by atoms with Crippen molar-refractivity contribution in [3.8, 4) is 0 Å². The van der Waals surface area contributed by atoms with Crippen LogP contribution < -0.4 is 0 Å². The lowest BCUT2D eigenvalue weighted by molar-refractivity contribution is -0.214. The van der Waals surface area contributed by atoms with Gasteiger partial charge in [-0.25, -0.2) is 4.68 Å². The smallest absolute Gasteiger partial charge is 0.180 e. The highest BCUT2D eigenvalue weighted by Gasteiger charge is 2.39. The molecule has 0 amide bonds. The van der Waals surface area contributed by atoms with Gasteiger partial charge in [0.2, 0.25) is 0 Å². The Labute approximate surface area is 97.1 Å². The van der Waals surface area contributed by atoms with Gasteiger partial charge in [0, 0.05) is 13.0 Å². The lowest BCUT2D eigenvalue weighted by Gasteiger charge is -2.34. The third kappa shape index (κ3) is 2.45. The largest absolute Gasteiger partial charge is 0.396 e. The SMILES string of the molecule is OCCc1cn([C@@H]2OC[C@@H](O)[C@H](O)[C@H]2O)nn1. The molecule has 1 aromatic heterocycles. The molecule has 8 nitrogen and oxygen atoms in total. The van der Waals surface area contributed by atoms with Gasteiger partial charge in [0.05, 0.1) is 18.5 Å². The van der Waals surface area contributed by atoms with Crippen molar-refractivity contribution in [3.05, 3.63) is 11.9 Å². The van der Waals surface area contributed by atoms with Crippen molar-refractivity contribution >= 4 is 0 Å². The number of nitrogens with zero attached hydrogens (tertiary/aromatic N) is 3. The molecule has 4 atom stereocenters. The van der Waals surface area contributed by atoms with Gasteiger partial charge in [0.1, 0.15) is 18.3 Å². The summed E-state index contributed by atoms with van der Waals surface area (Å²) < 4.78 is 6.46. The summed E-state index contributed by atoms with van der Waals surface area (Å²) >= 11 is 0. The standard InChI is InChI=1S/C9H15N3O5/c13-2-1-5-3-12(11-10-5)9-8(16)7(15)6(14)4-17-9/h3,6-9,13-16H,1-2,4H2/t6-,7+,8-,9-/m1/s1. The van der Waals surface area contributed by atoms with Crippen molar-refractivity contribution in [1.82, 2.24) is 15.0 Å². The molecule has 1 aliphatic rings. The molecule has 1 aliphatic heterocycles. The molecule has 96 valence electrons. The van der Waals surface area contributed by atoms with Crippen molar-refractivity contribution in [1.29, 1.82) is 0 Å². The van der Waals surface area contributed by atoms with Gasteiger partial charge in [-0.3, -0.25) is 0 Å². The second-order valence-electron chi connectivity index (χ2n) is 3.94. The van der Waals surface area contributed by atoms with Crippen LogP contribution >= 0.6 is 0 Å². The van der Waals surface area contributed by atoms with Crippen LogP contribution in [-0.2, 0) is 11.2 Å². The molecule has 1 aromatic rings. The Hall–Kier alpha value is -1.06. The van der Waals surface area contributed by atoms with Crippen LogP contribution in [0.2, 0.25) is 0 Å². The maximum absolute atomic E-state index is 9.73. The number of aliphatic hydroxyl groups excluding tert-OH is 4. The molecule has 0 radical (unpaired) electrons. The Morgan fingerprint density at radius 2 is 2.12 bits per heavy atom. The monoisotopic (exact) mass is 245 g/mol. The van der Waals surface area contributed by atoms with Crippen molar-refractivity contribution < 1.29 is 25.2 Å². The molecule has 0 saturated carbocycles. The maximum atomic E-state index is 9.73. The quantitative estimate of drug-likeness (QED) is 0.461. The lowest BCUT2D eigenvalue weighted by Crippen LogP contribution is -2.50. The van der Waals surface area contributed by atoms with Gasteiger partial charge < -0.3 is 25.2 Å². The summed E-state index contributed by atoms with van der Waals surface area (Å²) in [6.45, 7) is -0.133. The highest BCUT2D eigenvalue weighted by molar-refractivity contribution is 4.95. The molecule has 0 spiro atoms. The van der Waals surface area contributed by atoms with Crippen LogP contribution in [0, 0.1) is 0 Å². The van der Waals surface area contributed by atoms with Crippen LogP contribution in [0.4, 0.5) is 0 Å². The number of hydrogen-bond donors (Lipinski definition) is 4. The Morgan fingerprint density at radius 3 is 2.82 bits per heavy atom. The van der Waals surface area contributed by atoms with E-state index in [1.54, 1.807) is 0 Å². The van der Waals surface area contributed by atoms with Gasteiger partial charge in [-0.05, 0) is 0 Å². The zero-order valence-corrected chi connectivity index (χ0v) is 9.05. The van der Waals surface area contributed by atoms with Gasteiger partial charge in [-0.2, -0.15) is 0 Å². The summed E-state index contributed by atoms with van der Waals surface area (Å²) in [7, 11) is 0. The molecule has 2 heterocycles. The average molecular weight is 245 g/mol. The fourth-order valence-corrected chi connectivity index (χ4v) is 1.69. The van der Waals surface area contributed by atoms with E-state index in [0.29, 0.717) is 12.1 Å². The fraction of sp³-hybridized carbons (Fsp3) is 0.778. The van der Waals surface area contributed by atoms with Crippen molar-refractivity contribution in [2.24, 2.45) is 0 Å². The molecule has 8 heteroatoms. The summed E-state index contributed by atoms with van der Waals surface area (Å²) in [4.78, 5) is 0. The second kappa shape index (κ2) is 5.07. The topological polar surface area (TPSA) is 121 Å². The zero-order chi connectivity index (χ0) is 12.4. The zero-order valence-electron chi connectivity index (χ0n) is 9.05. The number of aliphatic hydroxyl groups is 4. The highest BCUT2D eigenvalue weighted by atomic mass is 16.5. The molecule has 0 unspecified atom stereocenters. The van der Waals surface area contributed by atoms with Crippen LogP contribution in [0.1, 0.15) is 11.9 Å². The van der Waals surface area contributed by atoms with Crippen molar-refractivity contribution in [2.75, 3.05) is 13.2 Å². The molecule has 0 aliphatic carbocycles. The number of rotatable bonds is 3. The van der Waals surface area contributed by atoms with E-state index in [4.69, 9.17) is 9.84 Å². The average Bonchev–Trinajstić information content (AvgIpc) is 2.75. The molecule has 2 rings (SSSR count). The van der Waals surface area contributed by atoms with Crippen LogP contribution in [-0.4, -0.2) is 66.9 Å². The predicted octanol–water partition coefficient (Wildman–Crippen LogP) is -2.58. The fourth-order valence-electron chi connectivity index (χ4n) is 1.69. The Morgan fingerprint density at radius 1 is 1.35 bits per heavy atom. The third-order valence-corrected chi connectivity index (χ3v) is 2.66. The first kappa shape index (κ1) is 12.4. The first-order valence-corrected chi connectivity index (χ1v) is 5.31. The minimum atomic E-state index is -1.28. The van der Waals surface area contributed by atoms with E-state index < -0.39 is 24.5 Å². The van der Waals surface area contributed by atoms with Crippen LogP contribution in [0.25, 0.3) is 0 Å². The molecular formula is C9H15N3O5. The van der Waals surface area contributed by atoms with Gasteiger partial charge in [0.25, 0.3) is 0 Å². The molecular weight excluding hydrogens is 230 g/mol. The molecule has 1 fully saturated rings. The summed E-state index contributed by atoms with van der Waals surface area (Å²) in [6, 6.07) is 0. The van der Waals surface area contributed by atoms with Gasteiger partial charge in [-0.15, -0.1) is 5.10 Å². The minimum Gasteiger partial charge on any atom is -0.396 e. The molecule has 4 N–H and O–H groups in total. The van der Waals surface area contributed by atoms with Crippen LogP contribution in [0.15, 0.2) is 6.20 Å². The van der Waals surface area contributed by atoms with Gasteiger partial charge in [0.15, 0.2) is 6.23 Å². The van der Waals surface area contributed by atoms with E-state index in [1.165, 1.54) is 10.9 Å². The van der Waals surface area contributed by atoms with E-state index in [1.807, 2.05) is 0 Å². The summed E-state index contributed by atoms with van der Waals surface area (Å²) in [6.07, 6.45) is -2.67. The Bertz CT molecular complexity index is 371. The van der Waals surface area contributed by atoms with Crippen LogP contribution in [0.3, 0.4) is 0 Å².